The third-order valence-corrected chi connectivity index (χ3v) is 8.06. The summed E-state index contributed by atoms with van der Waals surface area (Å²) >= 11 is 0. The number of likely N-dealkylation sites (tertiary alicyclic amines) is 1. The smallest absolute Gasteiger partial charge is 0.251 e. The predicted octanol–water partition coefficient (Wildman–Crippen LogP) is 3.42. The minimum atomic E-state index is -0.338. The highest BCUT2D eigenvalue weighted by molar-refractivity contribution is 6.05. The number of amides is 3. The van der Waals surface area contributed by atoms with Gasteiger partial charge in [0.1, 0.15) is 0 Å². The third-order valence-electron chi connectivity index (χ3n) is 8.06. The van der Waals surface area contributed by atoms with E-state index in [9.17, 15) is 14.4 Å². The molecule has 4 aliphatic rings. The summed E-state index contributed by atoms with van der Waals surface area (Å²) in [5.41, 5.74) is 3.78. The number of hydrogen-bond donors (Lipinski definition) is 2. The molecule has 3 fully saturated rings. The van der Waals surface area contributed by atoms with Gasteiger partial charge in [0, 0.05) is 31.2 Å². The van der Waals surface area contributed by atoms with Gasteiger partial charge in [-0.1, -0.05) is 37.5 Å². The van der Waals surface area contributed by atoms with Gasteiger partial charge < -0.3 is 10.2 Å². The molecule has 2 atom stereocenters. The second kappa shape index (κ2) is 10.3. The fraction of sp³-hybridized carbons (Fsp3) is 0.593. The average Bonchev–Trinajstić information content (AvgIpc) is 2.88. The van der Waals surface area contributed by atoms with E-state index in [1.165, 1.54) is 43.7 Å². The van der Waals surface area contributed by atoms with Crippen LogP contribution in [0, 0.1) is 17.8 Å². The van der Waals surface area contributed by atoms with Gasteiger partial charge in [0.25, 0.3) is 5.91 Å². The Hall–Kier alpha value is -2.67. The molecule has 2 heterocycles. The Bertz CT molecular complexity index is 947. The molecule has 3 amide bonds. The largest absolute Gasteiger partial charge is 0.349 e. The molecule has 2 aliphatic carbocycles. The topological polar surface area (TPSA) is 81.8 Å². The van der Waals surface area contributed by atoms with Crippen LogP contribution in [-0.2, 0) is 9.59 Å². The van der Waals surface area contributed by atoms with Crippen LogP contribution in [0.5, 0.6) is 0 Å². The van der Waals surface area contributed by atoms with Crippen LogP contribution in [0.15, 0.2) is 36.4 Å². The zero-order chi connectivity index (χ0) is 23.5. The number of rotatable bonds is 5. The van der Waals surface area contributed by atoms with Crippen LogP contribution in [0.4, 0.5) is 5.69 Å². The monoisotopic (exact) mass is 464 g/mol. The van der Waals surface area contributed by atoms with Gasteiger partial charge in [-0.15, -0.1) is 0 Å². The Balaban J connectivity index is 1.17. The molecule has 5 rings (SSSR count). The van der Waals surface area contributed by atoms with Gasteiger partial charge in [-0.2, -0.15) is 0 Å². The van der Waals surface area contributed by atoms with Gasteiger partial charge in [0.05, 0.1) is 17.5 Å². The maximum atomic E-state index is 13.0. The molecule has 2 aliphatic heterocycles. The summed E-state index contributed by atoms with van der Waals surface area (Å²) in [5.74, 6) is -0.165. The SMILES string of the molecule is O=C(NC1CCN(CC2CCCCC2)CC1)c1cccc(N2NC(=O)C3CC=CCC3C2=O)c1. The van der Waals surface area contributed by atoms with E-state index in [2.05, 4.69) is 15.6 Å². The molecule has 7 nitrogen and oxygen atoms in total. The van der Waals surface area contributed by atoms with Crippen molar-refractivity contribution in [3.05, 3.63) is 42.0 Å². The highest BCUT2D eigenvalue weighted by Crippen LogP contribution is 2.32. The van der Waals surface area contributed by atoms with Crippen molar-refractivity contribution in [2.24, 2.45) is 17.8 Å². The average molecular weight is 465 g/mol. The molecule has 1 aromatic rings. The quantitative estimate of drug-likeness (QED) is 0.655. The van der Waals surface area contributed by atoms with Crippen molar-refractivity contribution < 1.29 is 14.4 Å². The van der Waals surface area contributed by atoms with Crippen LogP contribution < -0.4 is 15.8 Å². The van der Waals surface area contributed by atoms with E-state index in [-0.39, 0.29) is 35.6 Å². The number of fused-ring (bicyclic) bond motifs is 1. The van der Waals surface area contributed by atoms with Gasteiger partial charge in [-0.3, -0.25) is 19.8 Å². The van der Waals surface area contributed by atoms with Crippen molar-refractivity contribution in [1.29, 1.82) is 0 Å². The summed E-state index contributed by atoms with van der Waals surface area (Å²) < 4.78 is 0. The van der Waals surface area contributed by atoms with Crippen LogP contribution >= 0.6 is 0 Å². The van der Waals surface area contributed by atoms with Gasteiger partial charge >= 0.3 is 0 Å². The zero-order valence-electron chi connectivity index (χ0n) is 19.9. The normalized spacial score (nSPS) is 26.8. The first-order valence-electron chi connectivity index (χ1n) is 13.0. The second-order valence-electron chi connectivity index (χ2n) is 10.4. The molecule has 2 unspecified atom stereocenters. The van der Waals surface area contributed by atoms with Crippen molar-refractivity contribution >= 4 is 23.4 Å². The van der Waals surface area contributed by atoms with Crippen molar-refractivity contribution in [3.63, 3.8) is 0 Å². The Labute approximate surface area is 201 Å². The first-order valence-corrected chi connectivity index (χ1v) is 13.0. The molecular weight excluding hydrogens is 428 g/mol. The van der Waals surface area contributed by atoms with Crippen LogP contribution in [0.1, 0.15) is 68.1 Å². The van der Waals surface area contributed by atoms with Crippen LogP contribution in [0.25, 0.3) is 0 Å². The van der Waals surface area contributed by atoms with Gasteiger partial charge in [-0.05, 0) is 62.6 Å². The first kappa shape index (κ1) is 23.1. The lowest BCUT2D eigenvalue weighted by atomic mass is 9.80. The predicted molar refractivity (Wildman–Crippen MR) is 131 cm³/mol. The maximum absolute atomic E-state index is 13.0. The number of carbonyl (C=O) groups is 3. The molecule has 2 saturated heterocycles. The summed E-state index contributed by atoms with van der Waals surface area (Å²) in [6.45, 7) is 3.27. The van der Waals surface area contributed by atoms with Crippen LogP contribution in [0.2, 0.25) is 0 Å². The van der Waals surface area contributed by atoms with E-state index in [1.54, 1.807) is 24.3 Å². The number of benzene rings is 1. The van der Waals surface area contributed by atoms with E-state index in [4.69, 9.17) is 0 Å². The molecule has 1 saturated carbocycles. The molecule has 0 aromatic heterocycles. The van der Waals surface area contributed by atoms with E-state index < -0.39 is 0 Å². The van der Waals surface area contributed by atoms with Gasteiger partial charge in [-0.25, -0.2) is 5.01 Å². The molecule has 1 aromatic carbocycles. The fourth-order valence-corrected chi connectivity index (χ4v) is 6.03. The Morgan fingerprint density at radius 3 is 2.47 bits per heavy atom. The number of anilines is 1. The summed E-state index contributed by atoms with van der Waals surface area (Å²) in [6.07, 6.45) is 13.9. The van der Waals surface area contributed by atoms with E-state index >= 15 is 0 Å². The molecule has 182 valence electrons. The standard InChI is InChI=1S/C27H36N4O3/c32-25(28-21-13-15-30(16-14-21)18-19-7-2-1-3-8-19)20-9-6-10-22(17-20)31-27(34)24-12-5-4-11-23(24)26(33)29-31/h4-6,9-10,17,19,21,23-24H,1-3,7-8,11-16,18H2,(H,28,32)(H,29,33). The molecule has 2 N–H and O–H groups in total. The summed E-state index contributed by atoms with van der Waals surface area (Å²) in [5, 5.41) is 4.51. The summed E-state index contributed by atoms with van der Waals surface area (Å²) in [6, 6.07) is 7.16. The second-order valence-corrected chi connectivity index (χ2v) is 10.4. The minimum Gasteiger partial charge on any atom is -0.349 e. The maximum Gasteiger partial charge on any atom is 0.251 e. The van der Waals surface area contributed by atoms with E-state index in [0.29, 0.717) is 24.1 Å². The molecule has 0 bridgehead atoms. The molecular formula is C27H36N4O3. The van der Waals surface area contributed by atoms with E-state index in [1.807, 2.05) is 12.2 Å². The number of carbonyl (C=O) groups excluding carboxylic acids is 3. The molecule has 0 radical (unpaired) electrons. The number of hydrogen-bond acceptors (Lipinski definition) is 4. The van der Waals surface area contributed by atoms with Crippen molar-refractivity contribution in [2.45, 2.75) is 63.8 Å². The zero-order valence-corrected chi connectivity index (χ0v) is 19.9. The van der Waals surface area contributed by atoms with Crippen LogP contribution in [-0.4, -0.2) is 48.3 Å². The fourth-order valence-electron chi connectivity index (χ4n) is 6.03. The summed E-state index contributed by atoms with van der Waals surface area (Å²) in [4.78, 5) is 41.2. The van der Waals surface area contributed by atoms with Gasteiger partial charge in [0.2, 0.25) is 11.8 Å². The van der Waals surface area contributed by atoms with Gasteiger partial charge in [0.15, 0.2) is 0 Å². The number of piperidine rings is 1. The summed E-state index contributed by atoms with van der Waals surface area (Å²) in [7, 11) is 0. The number of hydrazine groups is 1. The minimum absolute atomic E-state index is 0.114. The lowest BCUT2D eigenvalue weighted by Gasteiger charge is -2.38. The Morgan fingerprint density at radius 2 is 1.71 bits per heavy atom. The Kier molecular flexibility index (Phi) is 6.99. The Morgan fingerprint density at radius 1 is 0.971 bits per heavy atom. The highest BCUT2D eigenvalue weighted by Gasteiger charge is 2.42. The van der Waals surface area contributed by atoms with Crippen LogP contribution in [0.3, 0.4) is 0 Å². The van der Waals surface area contributed by atoms with Crippen molar-refractivity contribution in [1.82, 2.24) is 15.6 Å². The van der Waals surface area contributed by atoms with Crippen molar-refractivity contribution in [2.75, 3.05) is 24.6 Å². The van der Waals surface area contributed by atoms with Crippen molar-refractivity contribution in [3.8, 4) is 0 Å². The number of nitrogens with one attached hydrogen (secondary N) is 2. The molecule has 7 heteroatoms. The lowest BCUT2D eigenvalue weighted by Crippen LogP contribution is -2.59. The molecule has 0 spiro atoms. The third kappa shape index (κ3) is 5.04. The molecule has 34 heavy (non-hydrogen) atoms. The highest BCUT2D eigenvalue weighted by atomic mass is 16.2. The number of allylic oxidation sites excluding steroid dienone is 2. The van der Waals surface area contributed by atoms with E-state index in [0.717, 1.165) is 31.8 Å². The first-order chi connectivity index (χ1) is 16.6. The number of nitrogens with zero attached hydrogens (tertiary/aromatic N) is 2. The lowest BCUT2D eigenvalue weighted by molar-refractivity contribution is -0.139.